The van der Waals surface area contributed by atoms with Gasteiger partial charge in [-0.25, -0.2) is 4.98 Å². The molecule has 1 aromatic heterocycles. The number of anilines is 1. The van der Waals surface area contributed by atoms with E-state index < -0.39 is 0 Å². The lowest BCUT2D eigenvalue weighted by Crippen LogP contribution is -2.21. The molecule has 0 saturated heterocycles. The lowest BCUT2D eigenvalue weighted by molar-refractivity contribution is 0.199. The van der Waals surface area contributed by atoms with Gasteiger partial charge in [-0.05, 0) is 24.7 Å². The number of aliphatic hydroxyl groups excluding tert-OH is 1. The molecule has 0 radical (unpaired) electrons. The van der Waals surface area contributed by atoms with E-state index >= 15 is 0 Å². The highest BCUT2D eigenvalue weighted by Crippen LogP contribution is 2.31. The highest BCUT2D eigenvalue weighted by molar-refractivity contribution is 7.09. The van der Waals surface area contributed by atoms with Crippen molar-refractivity contribution < 1.29 is 5.11 Å². The molecule has 1 heterocycles. The van der Waals surface area contributed by atoms with E-state index in [4.69, 9.17) is 0 Å². The highest BCUT2D eigenvalue weighted by atomic mass is 32.1. The number of hydrogen-bond acceptors (Lipinski definition) is 5. The fourth-order valence-corrected chi connectivity index (χ4v) is 3.20. The minimum Gasteiger partial charge on any atom is -0.396 e. The topological polar surface area (TPSA) is 58.0 Å². The molecule has 18 heavy (non-hydrogen) atoms. The molecule has 4 nitrogen and oxygen atoms in total. The monoisotopic (exact) mass is 269 g/mol. The zero-order chi connectivity index (χ0) is 13.2. The number of hydrogen-bond donors (Lipinski definition) is 2. The Bertz CT molecular complexity index is 386. The highest BCUT2D eigenvalue weighted by Gasteiger charge is 2.26. The van der Waals surface area contributed by atoms with Crippen molar-refractivity contribution in [2.45, 2.75) is 45.4 Å². The minimum absolute atomic E-state index is 0.0113. The van der Waals surface area contributed by atoms with Crippen molar-refractivity contribution >= 4 is 16.7 Å². The summed E-state index contributed by atoms with van der Waals surface area (Å²) in [6.07, 6.45) is 3.61. The molecule has 0 amide bonds. The summed E-state index contributed by atoms with van der Waals surface area (Å²) in [5.41, 5.74) is 0.0113. The summed E-state index contributed by atoms with van der Waals surface area (Å²) in [6.45, 7) is 7.59. The van der Waals surface area contributed by atoms with Gasteiger partial charge in [0.25, 0.3) is 0 Å². The van der Waals surface area contributed by atoms with Gasteiger partial charge in [-0.15, -0.1) is 0 Å². The summed E-state index contributed by atoms with van der Waals surface area (Å²) in [4.78, 5) is 4.53. The maximum Gasteiger partial charge on any atom is 0.202 e. The molecule has 102 valence electrons. The summed E-state index contributed by atoms with van der Waals surface area (Å²) in [5.74, 6) is 1.95. The van der Waals surface area contributed by atoms with Crippen LogP contribution in [0.15, 0.2) is 0 Å². The van der Waals surface area contributed by atoms with Gasteiger partial charge in [-0.1, -0.05) is 27.2 Å². The predicted octanol–water partition coefficient (Wildman–Crippen LogP) is 2.66. The molecule has 0 aliphatic heterocycles. The lowest BCUT2D eigenvalue weighted by Gasteiger charge is -2.17. The lowest BCUT2D eigenvalue weighted by atomic mass is 9.96. The van der Waals surface area contributed by atoms with Crippen LogP contribution in [0, 0.1) is 11.8 Å². The first-order valence-corrected chi connectivity index (χ1v) is 7.47. The van der Waals surface area contributed by atoms with Crippen LogP contribution in [0.25, 0.3) is 0 Å². The van der Waals surface area contributed by atoms with E-state index in [9.17, 15) is 5.11 Å². The Kier molecular flexibility index (Phi) is 4.22. The van der Waals surface area contributed by atoms with E-state index in [0.29, 0.717) is 18.4 Å². The molecular formula is C13H23N3OS. The number of rotatable bonds is 4. The number of aromatic nitrogens is 2. The maximum absolute atomic E-state index is 9.29. The molecule has 1 aromatic rings. The smallest absolute Gasteiger partial charge is 0.202 e. The quantitative estimate of drug-likeness (QED) is 0.882. The van der Waals surface area contributed by atoms with Gasteiger partial charge in [-0.3, -0.25) is 0 Å². The van der Waals surface area contributed by atoms with E-state index in [0.717, 1.165) is 23.9 Å². The largest absolute Gasteiger partial charge is 0.396 e. The van der Waals surface area contributed by atoms with Crippen LogP contribution in [0.1, 0.15) is 45.9 Å². The molecule has 2 rings (SSSR count). The van der Waals surface area contributed by atoms with Crippen LogP contribution in [-0.4, -0.2) is 27.6 Å². The molecule has 0 aromatic carbocycles. The molecule has 1 fully saturated rings. The third kappa shape index (κ3) is 3.20. The van der Waals surface area contributed by atoms with Crippen LogP contribution in [0.5, 0.6) is 0 Å². The third-order valence-corrected chi connectivity index (χ3v) is 4.34. The summed E-state index contributed by atoms with van der Waals surface area (Å²) >= 11 is 1.43. The second-order valence-corrected chi connectivity index (χ2v) is 6.94. The van der Waals surface area contributed by atoms with Crippen LogP contribution in [0.4, 0.5) is 5.13 Å². The Morgan fingerprint density at radius 1 is 1.33 bits per heavy atom. The van der Waals surface area contributed by atoms with Crippen LogP contribution in [-0.2, 0) is 5.41 Å². The summed E-state index contributed by atoms with van der Waals surface area (Å²) in [7, 11) is 0. The zero-order valence-electron chi connectivity index (χ0n) is 11.4. The Labute approximate surface area is 113 Å². The first-order valence-electron chi connectivity index (χ1n) is 6.69. The fraction of sp³-hybridized carbons (Fsp3) is 0.846. The molecule has 0 spiro atoms. The molecule has 2 N–H and O–H groups in total. The zero-order valence-corrected chi connectivity index (χ0v) is 12.3. The van der Waals surface area contributed by atoms with Crippen molar-refractivity contribution in [3.8, 4) is 0 Å². The van der Waals surface area contributed by atoms with Crippen molar-refractivity contribution in [2.75, 3.05) is 18.5 Å². The van der Waals surface area contributed by atoms with Gasteiger partial charge in [0.05, 0.1) is 0 Å². The van der Waals surface area contributed by atoms with Gasteiger partial charge in [-0.2, -0.15) is 4.37 Å². The van der Waals surface area contributed by atoms with Gasteiger partial charge >= 0.3 is 0 Å². The number of nitrogens with zero attached hydrogens (tertiary/aromatic N) is 2. The average Bonchev–Trinajstić information content (AvgIpc) is 2.94. The van der Waals surface area contributed by atoms with Crippen LogP contribution < -0.4 is 5.32 Å². The van der Waals surface area contributed by atoms with E-state index in [-0.39, 0.29) is 5.41 Å². The van der Waals surface area contributed by atoms with E-state index in [1.807, 2.05) is 0 Å². The molecule has 1 aliphatic rings. The van der Waals surface area contributed by atoms with Gasteiger partial charge in [0.1, 0.15) is 5.82 Å². The molecule has 2 unspecified atom stereocenters. The van der Waals surface area contributed by atoms with Gasteiger partial charge in [0, 0.05) is 30.1 Å². The fourth-order valence-electron chi connectivity index (χ4n) is 2.44. The van der Waals surface area contributed by atoms with Gasteiger partial charge in [0.2, 0.25) is 5.13 Å². The third-order valence-electron chi connectivity index (χ3n) is 3.66. The summed E-state index contributed by atoms with van der Waals surface area (Å²) in [5, 5.41) is 13.6. The molecule has 5 heteroatoms. The van der Waals surface area contributed by atoms with Crippen LogP contribution in [0.2, 0.25) is 0 Å². The van der Waals surface area contributed by atoms with E-state index in [2.05, 4.69) is 35.4 Å². The molecular weight excluding hydrogens is 246 g/mol. The van der Waals surface area contributed by atoms with Crippen molar-refractivity contribution in [2.24, 2.45) is 11.8 Å². The van der Waals surface area contributed by atoms with Crippen LogP contribution in [0.3, 0.4) is 0 Å². The number of aliphatic hydroxyl groups is 1. The Balaban J connectivity index is 1.89. The number of nitrogens with one attached hydrogen (secondary N) is 1. The standard InChI is InChI=1S/C13H23N3OS/c1-13(2,3)11-15-12(18-16-11)14-7-9-5-4-6-10(9)8-17/h9-10,17H,4-8H2,1-3H3,(H,14,15,16). The van der Waals surface area contributed by atoms with Crippen LogP contribution >= 0.6 is 11.5 Å². The Morgan fingerprint density at radius 2 is 2.06 bits per heavy atom. The Morgan fingerprint density at radius 3 is 2.67 bits per heavy atom. The molecule has 1 saturated carbocycles. The maximum atomic E-state index is 9.29. The van der Waals surface area contributed by atoms with Crippen molar-refractivity contribution in [3.05, 3.63) is 5.82 Å². The molecule has 1 aliphatic carbocycles. The molecule has 2 atom stereocenters. The summed E-state index contributed by atoms with van der Waals surface area (Å²) in [6, 6.07) is 0. The van der Waals surface area contributed by atoms with Gasteiger partial charge < -0.3 is 10.4 Å². The second kappa shape index (κ2) is 5.53. The van der Waals surface area contributed by atoms with Gasteiger partial charge in [0.15, 0.2) is 0 Å². The van der Waals surface area contributed by atoms with Crippen molar-refractivity contribution in [1.29, 1.82) is 0 Å². The van der Waals surface area contributed by atoms with E-state index in [1.54, 1.807) is 0 Å². The summed E-state index contributed by atoms with van der Waals surface area (Å²) < 4.78 is 4.39. The normalized spacial score (nSPS) is 24.4. The Hall–Kier alpha value is -0.680. The van der Waals surface area contributed by atoms with Crippen molar-refractivity contribution in [1.82, 2.24) is 9.36 Å². The predicted molar refractivity (Wildman–Crippen MR) is 75.0 cm³/mol. The van der Waals surface area contributed by atoms with Crippen molar-refractivity contribution in [3.63, 3.8) is 0 Å². The first-order chi connectivity index (χ1) is 8.50. The SMILES string of the molecule is CC(C)(C)c1nsc(NCC2CCCC2CO)n1. The average molecular weight is 269 g/mol. The van der Waals surface area contributed by atoms with E-state index in [1.165, 1.54) is 24.4 Å². The minimum atomic E-state index is 0.0113. The molecule has 0 bridgehead atoms. The second-order valence-electron chi connectivity index (χ2n) is 6.19. The first kappa shape index (κ1) is 13.7.